The molecule has 1 N–H and O–H groups in total. The number of methoxy groups -OCH3 is 1. The molecule has 2 aromatic carbocycles. The first kappa shape index (κ1) is 13.9. The maximum absolute atomic E-state index is 11.8. The van der Waals surface area contributed by atoms with Gasteiger partial charge in [-0.25, -0.2) is 5.10 Å². The highest BCUT2D eigenvalue weighted by Crippen LogP contribution is 2.37. The van der Waals surface area contributed by atoms with Gasteiger partial charge in [0, 0.05) is 17.0 Å². The summed E-state index contributed by atoms with van der Waals surface area (Å²) in [5.41, 5.74) is 0.958. The number of nitrogens with zero attached hydrogens (tertiary/aromatic N) is 1. The first-order valence-electron chi connectivity index (χ1n) is 6.12. The van der Waals surface area contributed by atoms with Crippen molar-refractivity contribution < 1.29 is 4.74 Å². The molecular weight excluding hydrogens is 311 g/mol. The lowest BCUT2D eigenvalue weighted by atomic mass is 10.0. The topological polar surface area (TPSA) is 55.0 Å². The maximum Gasteiger partial charge on any atom is 0.272 e. The van der Waals surface area contributed by atoms with E-state index in [9.17, 15) is 4.79 Å². The van der Waals surface area contributed by atoms with Gasteiger partial charge in [-0.05, 0) is 12.1 Å². The summed E-state index contributed by atoms with van der Waals surface area (Å²) >= 11 is 12.4. The highest BCUT2D eigenvalue weighted by atomic mass is 35.5. The normalized spacial score (nSPS) is 10.8. The fraction of sp³-hybridized carbons (Fsp3) is 0.0667. The van der Waals surface area contributed by atoms with E-state index in [1.807, 2.05) is 12.1 Å². The fourth-order valence-corrected chi connectivity index (χ4v) is 2.67. The van der Waals surface area contributed by atoms with Crippen LogP contribution in [0.1, 0.15) is 0 Å². The molecule has 0 amide bonds. The summed E-state index contributed by atoms with van der Waals surface area (Å²) in [7, 11) is 1.52. The molecule has 0 saturated heterocycles. The lowest BCUT2D eigenvalue weighted by molar-refractivity contribution is 0.415. The van der Waals surface area contributed by atoms with Gasteiger partial charge < -0.3 is 4.74 Å². The molecule has 0 radical (unpaired) electrons. The van der Waals surface area contributed by atoms with Crippen LogP contribution in [-0.4, -0.2) is 17.3 Å². The molecule has 0 aliphatic carbocycles. The molecule has 0 fully saturated rings. The third-order valence-electron chi connectivity index (χ3n) is 3.19. The molecule has 3 aromatic rings. The van der Waals surface area contributed by atoms with Gasteiger partial charge in [0.15, 0.2) is 0 Å². The van der Waals surface area contributed by atoms with Gasteiger partial charge in [0.25, 0.3) is 5.56 Å². The molecule has 1 aromatic heterocycles. The molecule has 6 heteroatoms. The summed E-state index contributed by atoms with van der Waals surface area (Å²) in [4.78, 5) is 11.8. The molecule has 0 unspecified atom stereocenters. The fourth-order valence-electron chi connectivity index (χ4n) is 2.19. The van der Waals surface area contributed by atoms with Crippen LogP contribution < -0.4 is 10.3 Å². The second kappa shape index (κ2) is 5.39. The number of nitrogens with one attached hydrogen (secondary N) is 1. The summed E-state index contributed by atoms with van der Waals surface area (Å²) in [6.07, 6.45) is 0. The summed E-state index contributed by atoms with van der Waals surface area (Å²) < 4.78 is 5.13. The van der Waals surface area contributed by atoms with E-state index in [0.717, 1.165) is 0 Å². The van der Waals surface area contributed by atoms with E-state index in [-0.39, 0.29) is 5.56 Å². The number of H-pyrrole nitrogens is 1. The minimum atomic E-state index is -0.245. The average Bonchev–Trinajstić information content (AvgIpc) is 2.50. The Morgan fingerprint density at radius 1 is 1.10 bits per heavy atom. The number of hydrogen-bond donors (Lipinski definition) is 1. The van der Waals surface area contributed by atoms with E-state index in [0.29, 0.717) is 37.8 Å². The van der Waals surface area contributed by atoms with Crippen molar-refractivity contribution in [2.24, 2.45) is 0 Å². The molecule has 4 nitrogen and oxygen atoms in total. The zero-order valence-electron chi connectivity index (χ0n) is 11.0. The van der Waals surface area contributed by atoms with Crippen molar-refractivity contribution >= 4 is 34.0 Å². The van der Waals surface area contributed by atoms with E-state index in [1.54, 1.807) is 24.3 Å². The molecule has 3 rings (SSSR count). The van der Waals surface area contributed by atoms with Gasteiger partial charge >= 0.3 is 0 Å². The first-order chi connectivity index (χ1) is 10.1. The molecular formula is C15H10Cl2N2O2. The molecule has 0 bridgehead atoms. The molecule has 0 aliphatic heterocycles. The van der Waals surface area contributed by atoms with Crippen LogP contribution >= 0.6 is 23.2 Å². The van der Waals surface area contributed by atoms with Crippen LogP contribution in [0, 0.1) is 0 Å². The molecule has 0 spiro atoms. The number of rotatable bonds is 2. The SMILES string of the molecule is COc1cc(Cl)c(-c2n[nH]c(=O)c3ccccc23)cc1Cl. The second-order valence-corrected chi connectivity index (χ2v) is 5.23. The highest BCUT2D eigenvalue weighted by Gasteiger charge is 2.14. The third kappa shape index (κ3) is 2.37. The molecule has 0 saturated carbocycles. The standard InChI is InChI=1S/C15H10Cl2N2O2/c1-21-13-7-11(16)10(6-12(13)17)14-8-4-2-3-5-9(8)15(20)19-18-14/h2-7H,1H3,(H,19,20). The first-order valence-corrected chi connectivity index (χ1v) is 6.88. The van der Waals surface area contributed by atoms with Crippen LogP contribution in [0.3, 0.4) is 0 Å². The lowest BCUT2D eigenvalue weighted by Crippen LogP contribution is -2.09. The Morgan fingerprint density at radius 2 is 1.81 bits per heavy atom. The minimum absolute atomic E-state index is 0.245. The summed E-state index contributed by atoms with van der Waals surface area (Å²) in [6.45, 7) is 0. The van der Waals surface area contributed by atoms with E-state index in [1.165, 1.54) is 7.11 Å². The maximum atomic E-state index is 11.8. The Balaban J connectivity index is 2.34. The summed E-state index contributed by atoms with van der Waals surface area (Å²) in [5, 5.41) is 8.72. The number of hydrogen-bond acceptors (Lipinski definition) is 3. The van der Waals surface area contributed by atoms with Crippen molar-refractivity contribution in [2.45, 2.75) is 0 Å². The van der Waals surface area contributed by atoms with E-state index < -0.39 is 0 Å². The van der Waals surface area contributed by atoms with Crippen molar-refractivity contribution in [3.05, 3.63) is 56.8 Å². The Labute approximate surface area is 130 Å². The number of aromatic nitrogens is 2. The number of benzene rings is 2. The monoisotopic (exact) mass is 320 g/mol. The molecule has 0 atom stereocenters. The zero-order valence-corrected chi connectivity index (χ0v) is 12.5. The largest absolute Gasteiger partial charge is 0.495 e. The van der Waals surface area contributed by atoms with Gasteiger partial charge in [-0.15, -0.1) is 0 Å². The van der Waals surface area contributed by atoms with Crippen LogP contribution in [0.5, 0.6) is 5.75 Å². The molecule has 0 aliphatic rings. The Hall–Kier alpha value is -2.04. The van der Waals surface area contributed by atoms with Crippen LogP contribution in [0.15, 0.2) is 41.2 Å². The lowest BCUT2D eigenvalue weighted by Gasteiger charge is -2.10. The number of fused-ring (bicyclic) bond motifs is 1. The summed E-state index contributed by atoms with van der Waals surface area (Å²) in [5.74, 6) is 0.485. The minimum Gasteiger partial charge on any atom is -0.495 e. The highest BCUT2D eigenvalue weighted by molar-refractivity contribution is 6.36. The van der Waals surface area contributed by atoms with Gasteiger partial charge in [0.1, 0.15) is 11.4 Å². The predicted molar refractivity (Wildman–Crippen MR) is 84.4 cm³/mol. The van der Waals surface area contributed by atoms with E-state index >= 15 is 0 Å². The van der Waals surface area contributed by atoms with Crippen molar-refractivity contribution in [3.63, 3.8) is 0 Å². The van der Waals surface area contributed by atoms with Gasteiger partial charge in [-0.3, -0.25) is 4.79 Å². The van der Waals surface area contributed by atoms with E-state index in [2.05, 4.69) is 10.2 Å². The number of ether oxygens (including phenoxy) is 1. The Kier molecular flexibility index (Phi) is 3.57. The average molecular weight is 321 g/mol. The van der Waals surface area contributed by atoms with Gasteiger partial charge in [-0.1, -0.05) is 41.4 Å². The molecule has 1 heterocycles. The second-order valence-electron chi connectivity index (χ2n) is 4.41. The molecule has 21 heavy (non-hydrogen) atoms. The smallest absolute Gasteiger partial charge is 0.272 e. The van der Waals surface area contributed by atoms with E-state index in [4.69, 9.17) is 27.9 Å². The Bertz CT molecular complexity index is 890. The van der Waals surface area contributed by atoms with Crippen LogP contribution in [0.25, 0.3) is 22.0 Å². The van der Waals surface area contributed by atoms with Gasteiger partial charge in [-0.2, -0.15) is 5.10 Å². The van der Waals surface area contributed by atoms with Crippen molar-refractivity contribution in [1.82, 2.24) is 10.2 Å². The van der Waals surface area contributed by atoms with Crippen LogP contribution in [0.4, 0.5) is 0 Å². The van der Waals surface area contributed by atoms with Crippen LogP contribution in [-0.2, 0) is 0 Å². The zero-order chi connectivity index (χ0) is 15.0. The van der Waals surface area contributed by atoms with Crippen LogP contribution in [0.2, 0.25) is 10.0 Å². The quantitative estimate of drug-likeness (QED) is 0.779. The molecule has 106 valence electrons. The predicted octanol–water partition coefficient (Wildman–Crippen LogP) is 3.91. The van der Waals surface area contributed by atoms with Gasteiger partial charge in [0.2, 0.25) is 0 Å². The number of aromatic amines is 1. The number of halogens is 2. The Morgan fingerprint density at radius 3 is 2.52 bits per heavy atom. The van der Waals surface area contributed by atoms with Crippen molar-refractivity contribution in [2.75, 3.05) is 7.11 Å². The van der Waals surface area contributed by atoms with Crippen molar-refractivity contribution in [1.29, 1.82) is 0 Å². The van der Waals surface area contributed by atoms with Gasteiger partial charge in [0.05, 0.1) is 22.5 Å². The van der Waals surface area contributed by atoms with Crippen molar-refractivity contribution in [3.8, 4) is 17.0 Å². The summed E-state index contributed by atoms with van der Waals surface area (Å²) in [6, 6.07) is 10.5. The third-order valence-corrected chi connectivity index (χ3v) is 3.80.